The zero-order valence-corrected chi connectivity index (χ0v) is 25.2. The van der Waals surface area contributed by atoms with Crippen LogP contribution in [0.2, 0.25) is 5.02 Å². The molecule has 0 fully saturated rings. The minimum atomic E-state index is -5.09. The number of aryl methyl sites for hydroxylation is 1. The summed E-state index contributed by atoms with van der Waals surface area (Å²) in [6.45, 7) is 1.37. The monoisotopic (exact) mass is 567 g/mol. The molecule has 0 bridgehead atoms. The summed E-state index contributed by atoms with van der Waals surface area (Å²) in [6.07, 6.45) is 0.839. The maximum atomic E-state index is 12.6. The van der Waals surface area contributed by atoms with Gasteiger partial charge >= 0.3 is 59.1 Å². The number of benzene rings is 2. The largest absolute Gasteiger partial charge is 1.00 e. The Morgan fingerprint density at radius 2 is 1.53 bits per heavy atom. The minimum Gasteiger partial charge on any atom is -0.872 e. The fraction of sp³-hybridized carbons (Fsp3) is 0.125. The Hall–Kier alpha value is -0.560. The van der Waals surface area contributed by atoms with Gasteiger partial charge in [0.1, 0.15) is 15.1 Å². The van der Waals surface area contributed by atoms with Crippen molar-refractivity contribution in [2.75, 3.05) is 11.6 Å². The van der Waals surface area contributed by atoms with Crippen LogP contribution in [0.3, 0.4) is 0 Å². The molecule has 0 unspecified atom stereocenters. The van der Waals surface area contributed by atoms with Gasteiger partial charge in [0.05, 0.1) is 15.5 Å². The molecule has 0 radical (unpaired) electrons. The first-order valence-electron chi connectivity index (χ1n) is 8.22. The molecule has 12 nitrogen and oxygen atoms in total. The average Bonchev–Trinajstić information content (AvgIpc) is 2.62. The predicted molar refractivity (Wildman–Crippen MR) is 109 cm³/mol. The van der Waals surface area contributed by atoms with E-state index in [-0.39, 0.29) is 92.1 Å². The van der Waals surface area contributed by atoms with Crippen LogP contribution in [-0.4, -0.2) is 50.6 Å². The standard InChI is InChI=1S/C16H14ClN3O9S3.2Na/c1-7-14(17)15(20-16(18-7)30(2,22)23)19-11-5-9(31(24,25)26)3-8-4-10(32(27,28)29)6-12(21)13(8)11;;/h3-6,21H,1-2H3,(H,18,19,20)(H,24,25,26)(H,27,28,29);;/q;2*+1/p-2. The van der Waals surface area contributed by atoms with E-state index in [1.54, 1.807) is 0 Å². The number of rotatable bonds is 5. The molecular formula is C16H12ClN3Na2O9S3. The van der Waals surface area contributed by atoms with Gasteiger partial charge in [-0.05, 0) is 42.0 Å². The van der Waals surface area contributed by atoms with Gasteiger partial charge in [0, 0.05) is 11.9 Å². The third kappa shape index (κ3) is 6.80. The number of anilines is 2. The molecule has 3 rings (SSSR count). The minimum absolute atomic E-state index is 0. The second-order valence-corrected chi connectivity index (χ2v) is 11.7. The first kappa shape index (κ1) is 31.5. The van der Waals surface area contributed by atoms with E-state index in [2.05, 4.69) is 15.3 Å². The fourth-order valence-corrected chi connectivity index (χ4v) is 4.48. The number of nitrogens with one attached hydrogen (secondary N) is 1. The van der Waals surface area contributed by atoms with E-state index in [1.165, 1.54) is 6.92 Å². The first-order chi connectivity index (χ1) is 14.5. The molecule has 0 saturated heterocycles. The van der Waals surface area contributed by atoms with E-state index >= 15 is 0 Å². The smallest absolute Gasteiger partial charge is 0.872 e. The van der Waals surface area contributed by atoms with Crippen LogP contribution < -0.4 is 69.5 Å². The second kappa shape index (κ2) is 10.8. The molecule has 0 aliphatic carbocycles. The Morgan fingerprint density at radius 3 is 2.03 bits per heavy atom. The summed E-state index contributed by atoms with van der Waals surface area (Å²) in [7, 11) is -13.8. The zero-order valence-electron chi connectivity index (χ0n) is 18.0. The van der Waals surface area contributed by atoms with Crippen LogP contribution >= 0.6 is 11.6 Å². The average molecular weight is 568 g/mol. The number of nitrogens with zero attached hydrogens (tertiary/aromatic N) is 2. The van der Waals surface area contributed by atoms with Crippen LogP contribution in [0.1, 0.15) is 5.69 Å². The van der Waals surface area contributed by atoms with Gasteiger partial charge in [-0.2, -0.15) is 13.4 Å². The van der Waals surface area contributed by atoms with Gasteiger partial charge in [0.25, 0.3) is 10.1 Å². The van der Waals surface area contributed by atoms with Crippen molar-refractivity contribution in [3.63, 3.8) is 0 Å². The quantitative estimate of drug-likeness (QED) is 0.169. The Kier molecular flexibility index (Phi) is 10.0. The Bertz CT molecular complexity index is 1610. The van der Waals surface area contributed by atoms with Gasteiger partial charge in [0.15, 0.2) is 5.82 Å². The van der Waals surface area contributed by atoms with Gasteiger partial charge in [-0.3, -0.25) is 4.55 Å². The summed E-state index contributed by atoms with van der Waals surface area (Å²) in [5.41, 5.74) is -0.291. The first-order valence-corrected chi connectivity index (χ1v) is 13.3. The molecule has 1 aromatic heterocycles. The summed E-state index contributed by atoms with van der Waals surface area (Å²) in [4.78, 5) is 5.86. The van der Waals surface area contributed by atoms with Crippen molar-refractivity contribution < 1.29 is 98.6 Å². The second-order valence-electron chi connectivity index (χ2n) is 6.57. The van der Waals surface area contributed by atoms with Crippen molar-refractivity contribution >= 4 is 64.0 Å². The molecule has 34 heavy (non-hydrogen) atoms. The summed E-state index contributed by atoms with van der Waals surface area (Å²) in [5, 5.41) is 13.7. The summed E-state index contributed by atoms with van der Waals surface area (Å²) >= 11 is 6.12. The zero-order chi connectivity index (χ0) is 24.2. The van der Waals surface area contributed by atoms with Crippen molar-refractivity contribution in [3.05, 3.63) is 35.0 Å². The molecule has 2 aromatic carbocycles. The van der Waals surface area contributed by atoms with Crippen molar-refractivity contribution in [3.8, 4) is 5.75 Å². The Morgan fingerprint density at radius 1 is 0.971 bits per heavy atom. The van der Waals surface area contributed by atoms with E-state index in [0.717, 1.165) is 24.5 Å². The molecular weight excluding hydrogens is 556 g/mol. The molecule has 18 heteroatoms. The van der Waals surface area contributed by atoms with Crippen LogP contribution in [0.5, 0.6) is 5.75 Å². The molecule has 0 amide bonds. The van der Waals surface area contributed by atoms with Gasteiger partial charge in [-0.1, -0.05) is 17.4 Å². The molecule has 0 saturated carbocycles. The van der Waals surface area contributed by atoms with Gasteiger partial charge < -0.3 is 15.0 Å². The van der Waals surface area contributed by atoms with E-state index in [4.69, 9.17) is 11.6 Å². The summed E-state index contributed by atoms with van der Waals surface area (Å²) in [5.74, 6) is -1.28. The predicted octanol–water partition coefficient (Wildman–Crippen LogP) is -5.03. The van der Waals surface area contributed by atoms with Crippen molar-refractivity contribution in [2.45, 2.75) is 21.9 Å². The maximum absolute atomic E-state index is 12.6. The summed E-state index contributed by atoms with van der Waals surface area (Å²) in [6, 6.07) is 2.92. The van der Waals surface area contributed by atoms with Gasteiger partial charge in [0.2, 0.25) is 15.0 Å². The van der Waals surface area contributed by atoms with E-state index in [1.807, 2.05) is 0 Å². The van der Waals surface area contributed by atoms with Gasteiger partial charge in [-0.25, -0.2) is 21.8 Å². The molecule has 172 valence electrons. The normalized spacial score (nSPS) is 12.0. The van der Waals surface area contributed by atoms with Gasteiger partial charge in [-0.15, -0.1) is 0 Å². The van der Waals surface area contributed by atoms with Crippen molar-refractivity contribution in [2.24, 2.45) is 0 Å². The number of aromatic nitrogens is 2. The molecule has 0 atom stereocenters. The number of halogens is 1. The van der Waals surface area contributed by atoms with Crippen LogP contribution in [0, 0.1) is 6.92 Å². The molecule has 0 aliphatic heterocycles. The fourth-order valence-electron chi connectivity index (χ4n) is 2.72. The maximum Gasteiger partial charge on any atom is 1.00 e. The van der Waals surface area contributed by atoms with Crippen LogP contribution in [0.25, 0.3) is 10.8 Å². The molecule has 0 spiro atoms. The number of sulfone groups is 1. The van der Waals surface area contributed by atoms with Crippen LogP contribution in [-0.2, 0) is 30.1 Å². The SMILES string of the molecule is Cc1nc(S(C)(=O)=O)nc(Nc2cc(S(=O)(=O)[O-])cc3cc(S(=O)(=O)O)cc([O-])c23)c1Cl.[Na+].[Na+]. The van der Waals surface area contributed by atoms with Crippen LogP contribution in [0.4, 0.5) is 11.5 Å². The number of hydrogen-bond donors (Lipinski definition) is 2. The third-order valence-electron chi connectivity index (χ3n) is 4.13. The number of fused-ring (bicyclic) bond motifs is 1. The number of hydrogen-bond acceptors (Lipinski definition) is 11. The molecule has 2 N–H and O–H groups in total. The summed E-state index contributed by atoms with van der Waals surface area (Å²) < 4.78 is 90.5. The van der Waals surface area contributed by atoms with Crippen molar-refractivity contribution in [1.29, 1.82) is 0 Å². The van der Waals surface area contributed by atoms with Crippen LogP contribution in [0.15, 0.2) is 39.2 Å². The Labute approximate surface area is 244 Å². The molecule has 0 aliphatic rings. The van der Waals surface area contributed by atoms with E-state index < -0.39 is 50.8 Å². The van der Waals surface area contributed by atoms with E-state index in [0.29, 0.717) is 6.07 Å². The van der Waals surface area contributed by atoms with Crippen molar-refractivity contribution in [1.82, 2.24) is 9.97 Å². The molecule has 1 heterocycles. The Balaban J connectivity index is 0.00000289. The van der Waals surface area contributed by atoms with E-state index in [9.17, 15) is 39.5 Å². The molecule has 3 aromatic rings. The third-order valence-corrected chi connectivity index (χ3v) is 7.07. The topological polar surface area (TPSA) is 207 Å².